The molecule has 0 atom stereocenters. The Labute approximate surface area is 117 Å². The van der Waals surface area contributed by atoms with Crippen LogP contribution in [0, 0.1) is 0 Å². The van der Waals surface area contributed by atoms with Crippen LogP contribution >= 0.6 is 11.6 Å². The van der Waals surface area contributed by atoms with Gasteiger partial charge in [-0.25, -0.2) is 0 Å². The summed E-state index contributed by atoms with van der Waals surface area (Å²) in [6, 6.07) is 6.09. The van der Waals surface area contributed by atoms with Gasteiger partial charge in [-0.3, -0.25) is 9.78 Å². The fourth-order valence-electron chi connectivity index (χ4n) is 1.57. The Hall–Kier alpha value is -2.08. The minimum absolute atomic E-state index is 0.00569. The zero-order valence-corrected chi connectivity index (χ0v) is 10.7. The van der Waals surface area contributed by atoms with Gasteiger partial charge in [0.15, 0.2) is 0 Å². The van der Waals surface area contributed by atoms with Crippen molar-refractivity contribution in [1.82, 2.24) is 4.98 Å². The van der Waals surface area contributed by atoms with E-state index in [1.54, 1.807) is 0 Å². The molecule has 104 valence electrons. The molecular weight excluding hydrogens is 293 g/mol. The van der Waals surface area contributed by atoms with Crippen molar-refractivity contribution in [3.63, 3.8) is 0 Å². The average molecular weight is 301 g/mol. The van der Waals surface area contributed by atoms with Gasteiger partial charge in [-0.15, -0.1) is 0 Å². The maximum Gasteiger partial charge on any atom is 0.418 e. The number of hydrogen-bond acceptors (Lipinski definition) is 2. The van der Waals surface area contributed by atoms with E-state index in [1.165, 1.54) is 36.7 Å². The molecule has 0 fully saturated rings. The van der Waals surface area contributed by atoms with E-state index in [1.807, 2.05) is 0 Å². The van der Waals surface area contributed by atoms with Crippen LogP contribution in [-0.2, 0) is 6.18 Å². The van der Waals surface area contributed by atoms with Crippen LogP contribution in [0.1, 0.15) is 15.9 Å². The first-order valence-electron chi connectivity index (χ1n) is 5.46. The van der Waals surface area contributed by atoms with Gasteiger partial charge in [-0.2, -0.15) is 13.2 Å². The average Bonchev–Trinajstić information content (AvgIpc) is 2.38. The molecule has 1 N–H and O–H groups in total. The van der Waals surface area contributed by atoms with Crippen molar-refractivity contribution in [2.24, 2.45) is 0 Å². The zero-order valence-electron chi connectivity index (χ0n) is 9.91. The summed E-state index contributed by atoms with van der Waals surface area (Å²) >= 11 is 5.79. The third-order valence-electron chi connectivity index (χ3n) is 2.49. The first kappa shape index (κ1) is 14.3. The highest BCUT2D eigenvalue weighted by atomic mass is 35.5. The van der Waals surface area contributed by atoms with Crippen molar-refractivity contribution in [3.8, 4) is 0 Å². The summed E-state index contributed by atoms with van der Waals surface area (Å²) in [7, 11) is 0. The topological polar surface area (TPSA) is 42.0 Å². The van der Waals surface area contributed by atoms with Gasteiger partial charge < -0.3 is 5.32 Å². The predicted octanol–water partition coefficient (Wildman–Crippen LogP) is 4.01. The Balaban J connectivity index is 2.32. The Kier molecular flexibility index (Phi) is 3.94. The molecule has 0 radical (unpaired) electrons. The van der Waals surface area contributed by atoms with Crippen molar-refractivity contribution in [3.05, 3.63) is 58.9 Å². The lowest BCUT2D eigenvalue weighted by Gasteiger charge is -2.13. The normalized spacial score (nSPS) is 11.2. The van der Waals surface area contributed by atoms with Gasteiger partial charge in [0.1, 0.15) is 0 Å². The number of amides is 1. The third-order valence-corrected chi connectivity index (χ3v) is 2.82. The first-order chi connectivity index (χ1) is 9.39. The van der Waals surface area contributed by atoms with Crippen LogP contribution < -0.4 is 5.32 Å². The number of benzene rings is 1. The minimum atomic E-state index is -4.55. The van der Waals surface area contributed by atoms with Crippen molar-refractivity contribution in [1.29, 1.82) is 0 Å². The lowest BCUT2D eigenvalue weighted by Crippen LogP contribution is -2.17. The SMILES string of the molecule is O=C(Nc1ccccc1C(F)(F)F)c1cnccc1Cl. The molecule has 2 rings (SSSR count). The highest BCUT2D eigenvalue weighted by molar-refractivity contribution is 6.34. The van der Waals surface area contributed by atoms with Gasteiger partial charge in [-0.1, -0.05) is 23.7 Å². The molecule has 0 saturated carbocycles. The molecule has 1 aromatic heterocycles. The van der Waals surface area contributed by atoms with Gasteiger partial charge >= 0.3 is 6.18 Å². The second-order valence-electron chi connectivity index (χ2n) is 3.85. The summed E-state index contributed by atoms with van der Waals surface area (Å²) in [6.07, 6.45) is -1.99. The number of alkyl halides is 3. The summed E-state index contributed by atoms with van der Waals surface area (Å²) in [6.45, 7) is 0. The fourth-order valence-corrected chi connectivity index (χ4v) is 1.76. The van der Waals surface area contributed by atoms with Crippen LogP contribution in [0.2, 0.25) is 5.02 Å². The Morgan fingerprint density at radius 3 is 2.55 bits per heavy atom. The minimum Gasteiger partial charge on any atom is -0.321 e. The van der Waals surface area contributed by atoms with E-state index in [0.717, 1.165) is 6.07 Å². The molecule has 20 heavy (non-hydrogen) atoms. The van der Waals surface area contributed by atoms with Crippen molar-refractivity contribution < 1.29 is 18.0 Å². The van der Waals surface area contributed by atoms with Crippen LogP contribution in [0.15, 0.2) is 42.7 Å². The number of carbonyl (C=O) groups is 1. The van der Waals surface area contributed by atoms with Gasteiger partial charge in [0.05, 0.1) is 21.8 Å². The van der Waals surface area contributed by atoms with Crippen LogP contribution in [0.3, 0.4) is 0 Å². The van der Waals surface area contributed by atoms with Gasteiger partial charge in [-0.05, 0) is 18.2 Å². The van der Waals surface area contributed by atoms with E-state index in [2.05, 4.69) is 10.3 Å². The Morgan fingerprint density at radius 2 is 1.90 bits per heavy atom. The molecule has 0 bridgehead atoms. The quantitative estimate of drug-likeness (QED) is 0.910. The number of halogens is 4. The van der Waals surface area contributed by atoms with E-state index in [9.17, 15) is 18.0 Å². The highest BCUT2D eigenvalue weighted by Crippen LogP contribution is 2.34. The van der Waals surface area contributed by atoms with Crippen molar-refractivity contribution >= 4 is 23.2 Å². The molecule has 1 amide bonds. The molecule has 0 aliphatic carbocycles. The fraction of sp³-hybridized carbons (Fsp3) is 0.0769. The van der Waals surface area contributed by atoms with Gasteiger partial charge in [0.25, 0.3) is 5.91 Å². The number of nitrogens with one attached hydrogen (secondary N) is 1. The van der Waals surface area contributed by atoms with E-state index >= 15 is 0 Å². The number of carbonyl (C=O) groups excluding carboxylic acids is 1. The number of anilines is 1. The van der Waals surface area contributed by atoms with Crippen LogP contribution in [-0.4, -0.2) is 10.9 Å². The molecule has 7 heteroatoms. The highest BCUT2D eigenvalue weighted by Gasteiger charge is 2.33. The second-order valence-corrected chi connectivity index (χ2v) is 4.26. The summed E-state index contributed by atoms with van der Waals surface area (Å²) in [5, 5.41) is 2.30. The molecule has 0 unspecified atom stereocenters. The number of pyridine rings is 1. The number of rotatable bonds is 2. The number of nitrogens with zero attached hydrogens (tertiary/aromatic N) is 1. The monoisotopic (exact) mass is 300 g/mol. The van der Waals surface area contributed by atoms with Gasteiger partial charge in [0, 0.05) is 12.4 Å². The molecule has 0 aliphatic heterocycles. The van der Waals surface area contributed by atoms with Gasteiger partial charge in [0.2, 0.25) is 0 Å². The molecule has 0 aliphatic rings. The zero-order chi connectivity index (χ0) is 14.8. The maximum atomic E-state index is 12.8. The predicted molar refractivity (Wildman–Crippen MR) is 68.6 cm³/mol. The summed E-state index contributed by atoms with van der Waals surface area (Å²) in [5.74, 6) is -0.750. The molecule has 2 aromatic rings. The largest absolute Gasteiger partial charge is 0.418 e. The van der Waals surface area contributed by atoms with Crippen molar-refractivity contribution in [2.75, 3.05) is 5.32 Å². The Morgan fingerprint density at radius 1 is 1.20 bits per heavy atom. The van der Waals surface area contributed by atoms with E-state index in [4.69, 9.17) is 11.6 Å². The molecule has 1 aromatic carbocycles. The summed E-state index contributed by atoms with van der Waals surface area (Å²) in [5.41, 5.74) is -1.25. The standard InChI is InChI=1S/C13H8ClF3N2O/c14-10-5-6-18-7-8(10)12(20)19-11-4-2-1-3-9(11)13(15,16)17/h1-7H,(H,19,20). The first-order valence-corrected chi connectivity index (χ1v) is 5.84. The number of hydrogen-bond donors (Lipinski definition) is 1. The maximum absolute atomic E-state index is 12.8. The number of aromatic nitrogens is 1. The molecule has 0 saturated heterocycles. The van der Waals surface area contributed by atoms with Crippen LogP contribution in [0.25, 0.3) is 0 Å². The third kappa shape index (κ3) is 3.08. The molecule has 3 nitrogen and oxygen atoms in total. The van der Waals surface area contributed by atoms with E-state index in [0.29, 0.717) is 0 Å². The lowest BCUT2D eigenvalue weighted by atomic mass is 10.1. The molecular formula is C13H8ClF3N2O. The van der Waals surface area contributed by atoms with Crippen LogP contribution in [0.5, 0.6) is 0 Å². The smallest absolute Gasteiger partial charge is 0.321 e. The van der Waals surface area contributed by atoms with E-state index < -0.39 is 17.6 Å². The number of para-hydroxylation sites is 1. The molecule has 0 spiro atoms. The lowest BCUT2D eigenvalue weighted by molar-refractivity contribution is -0.136. The second kappa shape index (κ2) is 5.50. The molecule has 1 heterocycles. The van der Waals surface area contributed by atoms with Crippen LogP contribution in [0.4, 0.5) is 18.9 Å². The van der Waals surface area contributed by atoms with E-state index in [-0.39, 0.29) is 16.3 Å². The summed E-state index contributed by atoms with van der Waals surface area (Å²) < 4.78 is 38.4. The Bertz CT molecular complexity index is 644. The summed E-state index contributed by atoms with van der Waals surface area (Å²) in [4.78, 5) is 15.6. The van der Waals surface area contributed by atoms with Crippen molar-refractivity contribution in [2.45, 2.75) is 6.18 Å².